The highest BCUT2D eigenvalue weighted by Crippen LogP contribution is 2.28. The van der Waals surface area contributed by atoms with Gasteiger partial charge in [-0.25, -0.2) is 8.42 Å². The largest absolute Gasteiger partial charge is 0.495 e. The number of carbonyl (C=O) groups is 1. The van der Waals surface area contributed by atoms with E-state index < -0.39 is 10.0 Å². The van der Waals surface area contributed by atoms with Crippen molar-refractivity contribution < 1.29 is 17.9 Å². The first-order chi connectivity index (χ1) is 12.9. The topological polar surface area (TPSA) is 75.7 Å². The van der Waals surface area contributed by atoms with Crippen LogP contribution in [0.15, 0.2) is 57.9 Å². The first kappa shape index (κ1) is 19.9. The number of carbonyl (C=O) groups excluding carboxylic acids is 1. The summed E-state index contributed by atoms with van der Waals surface area (Å²) < 4.78 is 33.0. The molecule has 0 bridgehead atoms. The van der Waals surface area contributed by atoms with E-state index in [1.54, 1.807) is 43.5 Å². The van der Waals surface area contributed by atoms with Crippen LogP contribution in [0.25, 0.3) is 0 Å². The molecular formula is C19H21BrN2O4S. The quantitative estimate of drug-likeness (QED) is 0.752. The molecule has 0 spiro atoms. The van der Waals surface area contributed by atoms with Gasteiger partial charge in [0.1, 0.15) is 5.75 Å². The lowest BCUT2D eigenvalue weighted by Crippen LogP contribution is -2.41. The van der Waals surface area contributed by atoms with Crippen LogP contribution in [0.2, 0.25) is 0 Å². The van der Waals surface area contributed by atoms with Crippen LogP contribution in [-0.4, -0.2) is 38.8 Å². The van der Waals surface area contributed by atoms with Crippen molar-refractivity contribution in [2.45, 2.75) is 17.7 Å². The molecule has 1 amide bonds. The van der Waals surface area contributed by atoms with Gasteiger partial charge in [-0.3, -0.25) is 4.79 Å². The Morgan fingerprint density at radius 3 is 2.37 bits per heavy atom. The summed E-state index contributed by atoms with van der Waals surface area (Å²) >= 11 is 3.31. The fraction of sp³-hybridized carbons (Fsp3) is 0.316. The summed E-state index contributed by atoms with van der Waals surface area (Å²) in [6, 6.07) is 13.8. The van der Waals surface area contributed by atoms with Crippen molar-refractivity contribution >= 4 is 37.5 Å². The molecule has 144 valence electrons. The standard InChI is InChI=1S/C19H21BrN2O4S/c1-26-18-5-3-2-4-17(18)21-19(23)14-10-12-22(13-11-14)27(24,25)16-8-6-15(20)7-9-16/h2-9,14H,10-13H2,1H3,(H,21,23). The Kier molecular flexibility index (Phi) is 6.18. The number of hydrogen-bond acceptors (Lipinski definition) is 4. The zero-order chi connectivity index (χ0) is 19.4. The van der Waals surface area contributed by atoms with Crippen molar-refractivity contribution in [1.82, 2.24) is 4.31 Å². The summed E-state index contributed by atoms with van der Waals surface area (Å²) in [5.41, 5.74) is 0.620. The lowest BCUT2D eigenvalue weighted by molar-refractivity contribution is -0.120. The van der Waals surface area contributed by atoms with E-state index in [1.807, 2.05) is 12.1 Å². The number of nitrogens with one attached hydrogen (secondary N) is 1. The lowest BCUT2D eigenvalue weighted by Gasteiger charge is -2.30. The van der Waals surface area contributed by atoms with E-state index >= 15 is 0 Å². The zero-order valence-electron chi connectivity index (χ0n) is 14.9. The number of piperidine rings is 1. The maximum absolute atomic E-state index is 12.7. The number of nitrogens with zero attached hydrogens (tertiary/aromatic N) is 1. The Bertz CT molecular complexity index is 908. The van der Waals surface area contributed by atoms with Crippen molar-refractivity contribution in [3.05, 3.63) is 53.0 Å². The number of rotatable bonds is 5. The molecule has 0 radical (unpaired) electrons. The summed E-state index contributed by atoms with van der Waals surface area (Å²) in [5.74, 6) is 0.257. The molecule has 1 aliphatic rings. The number of anilines is 1. The second-order valence-electron chi connectivity index (χ2n) is 6.32. The van der Waals surface area contributed by atoms with Crippen molar-refractivity contribution in [2.75, 3.05) is 25.5 Å². The van der Waals surface area contributed by atoms with Gasteiger partial charge in [0.05, 0.1) is 17.7 Å². The maximum Gasteiger partial charge on any atom is 0.243 e. The molecule has 1 aliphatic heterocycles. The fourth-order valence-electron chi connectivity index (χ4n) is 3.10. The Morgan fingerprint density at radius 1 is 1.11 bits per heavy atom. The average molecular weight is 453 g/mol. The highest BCUT2D eigenvalue weighted by molar-refractivity contribution is 9.10. The van der Waals surface area contributed by atoms with Crippen LogP contribution in [0.1, 0.15) is 12.8 Å². The number of benzene rings is 2. The molecular weight excluding hydrogens is 432 g/mol. The summed E-state index contributed by atoms with van der Waals surface area (Å²) in [4.78, 5) is 12.8. The Morgan fingerprint density at radius 2 is 1.74 bits per heavy atom. The van der Waals surface area contributed by atoms with Crippen molar-refractivity contribution in [2.24, 2.45) is 5.92 Å². The van der Waals surface area contributed by atoms with Gasteiger partial charge >= 0.3 is 0 Å². The zero-order valence-corrected chi connectivity index (χ0v) is 17.3. The SMILES string of the molecule is COc1ccccc1NC(=O)C1CCN(S(=O)(=O)c2ccc(Br)cc2)CC1. The molecule has 27 heavy (non-hydrogen) atoms. The van der Waals surface area contributed by atoms with Crippen LogP contribution in [0.3, 0.4) is 0 Å². The van der Waals surface area contributed by atoms with Gasteiger partial charge in [-0.15, -0.1) is 0 Å². The van der Waals surface area contributed by atoms with Gasteiger partial charge in [-0.1, -0.05) is 28.1 Å². The van der Waals surface area contributed by atoms with Gasteiger partial charge in [-0.2, -0.15) is 4.31 Å². The second-order valence-corrected chi connectivity index (χ2v) is 9.18. The minimum atomic E-state index is -3.54. The number of halogens is 1. The summed E-state index contributed by atoms with van der Waals surface area (Å²) in [6.07, 6.45) is 0.966. The van der Waals surface area contributed by atoms with Crippen molar-refractivity contribution in [3.8, 4) is 5.75 Å². The van der Waals surface area contributed by atoms with E-state index in [0.717, 1.165) is 4.47 Å². The Labute approximate surface area is 167 Å². The number of sulfonamides is 1. The molecule has 0 aromatic heterocycles. The summed E-state index contributed by atoms with van der Waals surface area (Å²) in [7, 11) is -1.98. The van der Waals surface area contributed by atoms with Gasteiger partial charge in [0.25, 0.3) is 0 Å². The maximum atomic E-state index is 12.7. The number of hydrogen-bond donors (Lipinski definition) is 1. The fourth-order valence-corrected chi connectivity index (χ4v) is 4.83. The third-order valence-corrected chi connectivity index (χ3v) is 7.08. The molecule has 8 heteroatoms. The van der Waals surface area contributed by atoms with Crippen molar-refractivity contribution in [1.29, 1.82) is 0 Å². The van der Waals surface area contributed by atoms with Gasteiger partial charge in [0, 0.05) is 23.5 Å². The average Bonchev–Trinajstić information content (AvgIpc) is 2.69. The normalized spacial score (nSPS) is 16.1. The van der Waals surface area contributed by atoms with Gasteiger partial charge in [0.15, 0.2) is 0 Å². The number of para-hydroxylation sites is 2. The van der Waals surface area contributed by atoms with Crippen LogP contribution < -0.4 is 10.1 Å². The predicted octanol–water partition coefficient (Wildman–Crippen LogP) is 3.50. The lowest BCUT2D eigenvalue weighted by atomic mass is 9.97. The minimum absolute atomic E-state index is 0.111. The Hall–Kier alpha value is -1.90. The molecule has 0 saturated carbocycles. The summed E-state index contributed by atoms with van der Waals surface area (Å²) in [6.45, 7) is 0.644. The smallest absolute Gasteiger partial charge is 0.243 e. The molecule has 2 aromatic rings. The minimum Gasteiger partial charge on any atom is -0.495 e. The predicted molar refractivity (Wildman–Crippen MR) is 107 cm³/mol. The van der Waals surface area contributed by atoms with E-state index in [4.69, 9.17) is 4.74 Å². The first-order valence-corrected chi connectivity index (χ1v) is 10.8. The molecule has 0 unspecified atom stereocenters. The molecule has 1 saturated heterocycles. The van der Waals surface area contributed by atoms with E-state index in [-0.39, 0.29) is 16.7 Å². The van der Waals surface area contributed by atoms with Gasteiger partial charge in [-0.05, 0) is 49.2 Å². The van der Waals surface area contributed by atoms with E-state index in [1.165, 1.54) is 4.31 Å². The molecule has 1 N–H and O–H groups in total. The third kappa shape index (κ3) is 4.51. The van der Waals surface area contributed by atoms with Crippen LogP contribution in [0, 0.1) is 5.92 Å². The van der Waals surface area contributed by atoms with Crippen LogP contribution in [-0.2, 0) is 14.8 Å². The molecule has 0 atom stereocenters. The molecule has 1 fully saturated rings. The number of amides is 1. The third-order valence-electron chi connectivity index (χ3n) is 4.64. The molecule has 2 aromatic carbocycles. The Balaban J connectivity index is 1.63. The highest BCUT2D eigenvalue weighted by atomic mass is 79.9. The van der Waals surface area contributed by atoms with E-state index in [0.29, 0.717) is 37.4 Å². The first-order valence-electron chi connectivity index (χ1n) is 8.61. The van der Waals surface area contributed by atoms with Gasteiger partial charge in [0.2, 0.25) is 15.9 Å². The molecule has 3 rings (SSSR count). The van der Waals surface area contributed by atoms with E-state index in [9.17, 15) is 13.2 Å². The monoisotopic (exact) mass is 452 g/mol. The molecule has 6 nitrogen and oxygen atoms in total. The number of ether oxygens (including phenoxy) is 1. The van der Waals surface area contributed by atoms with E-state index in [2.05, 4.69) is 21.2 Å². The summed E-state index contributed by atoms with van der Waals surface area (Å²) in [5, 5.41) is 2.89. The molecule has 0 aliphatic carbocycles. The van der Waals surface area contributed by atoms with Crippen LogP contribution >= 0.6 is 15.9 Å². The van der Waals surface area contributed by atoms with Crippen LogP contribution in [0.5, 0.6) is 5.75 Å². The van der Waals surface area contributed by atoms with Gasteiger partial charge < -0.3 is 10.1 Å². The van der Waals surface area contributed by atoms with Crippen molar-refractivity contribution in [3.63, 3.8) is 0 Å². The number of methoxy groups -OCH3 is 1. The second kappa shape index (κ2) is 8.41. The van der Waals surface area contributed by atoms with Crippen LogP contribution in [0.4, 0.5) is 5.69 Å². The molecule has 1 heterocycles. The highest BCUT2D eigenvalue weighted by Gasteiger charge is 2.32.